The van der Waals surface area contributed by atoms with Crippen molar-refractivity contribution in [2.24, 2.45) is 0 Å². The average molecular weight is 246 g/mol. The fourth-order valence-electron chi connectivity index (χ4n) is 1.84. The Bertz CT molecular complexity index is 445. The predicted molar refractivity (Wildman–Crippen MR) is 68.7 cm³/mol. The molecule has 0 radical (unpaired) electrons. The quantitative estimate of drug-likeness (QED) is 0.828. The molecule has 17 heavy (non-hydrogen) atoms. The maximum absolute atomic E-state index is 11.9. The molecule has 0 spiro atoms. The summed E-state index contributed by atoms with van der Waals surface area (Å²) >= 11 is 5.45. The molecule has 86 valence electrons. The number of rotatable bonds is 3. The number of hydrogen-bond acceptors (Lipinski definition) is 1. The van der Waals surface area contributed by atoms with Crippen molar-refractivity contribution < 1.29 is 4.79 Å². The van der Waals surface area contributed by atoms with Crippen molar-refractivity contribution in [3.8, 4) is 0 Å². The van der Waals surface area contributed by atoms with Crippen molar-refractivity contribution in [3.05, 3.63) is 71.8 Å². The molecular weight excluding hydrogens is 234 g/mol. The topological polar surface area (TPSA) is 29.1 Å². The lowest BCUT2D eigenvalue weighted by Gasteiger charge is -2.15. The molecule has 2 aromatic carbocycles. The van der Waals surface area contributed by atoms with Crippen molar-refractivity contribution in [2.45, 2.75) is 5.92 Å². The minimum atomic E-state index is -0.366. The molecule has 0 heterocycles. The van der Waals surface area contributed by atoms with Crippen LogP contribution in [0.25, 0.3) is 0 Å². The van der Waals surface area contributed by atoms with Crippen LogP contribution in [0.15, 0.2) is 60.7 Å². The van der Waals surface area contributed by atoms with E-state index >= 15 is 0 Å². The Hall–Kier alpha value is -1.80. The fourth-order valence-corrected chi connectivity index (χ4v) is 1.95. The highest BCUT2D eigenvalue weighted by Crippen LogP contribution is 2.24. The standard InChI is InChI=1S/C14H12ClNO/c15-16-14(17)13(11-7-3-1-4-8-11)12-9-5-2-6-10-12/h1-10,13H,(H,16,17). The Morgan fingerprint density at radius 3 is 1.65 bits per heavy atom. The van der Waals surface area contributed by atoms with Gasteiger partial charge in [-0.1, -0.05) is 60.7 Å². The van der Waals surface area contributed by atoms with E-state index in [1.165, 1.54) is 0 Å². The second-order valence-electron chi connectivity index (χ2n) is 3.71. The van der Waals surface area contributed by atoms with E-state index in [9.17, 15) is 4.79 Å². The lowest BCUT2D eigenvalue weighted by atomic mass is 9.91. The summed E-state index contributed by atoms with van der Waals surface area (Å²) in [5, 5.41) is 0. The predicted octanol–water partition coefficient (Wildman–Crippen LogP) is 3.09. The molecule has 0 saturated heterocycles. The lowest BCUT2D eigenvalue weighted by molar-refractivity contribution is -0.119. The molecule has 0 unspecified atom stereocenters. The smallest absolute Gasteiger partial charge is 0.246 e. The van der Waals surface area contributed by atoms with Gasteiger partial charge in [0, 0.05) is 11.8 Å². The van der Waals surface area contributed by atoms with Crippen LogP contribution in [-0.2, 0) is 4.79 Å². The van der Waals surface area contributed by atoms with Gasteiger partial charge in [0.25, 0.3) is 0 Å². The molecule has 0 atom stereocenters. The fraction of sp³-hybridized carbons (Fsp3) is 0.0714. The summed E-state index contributed by atoms with van der Waals surface area (Å²) in [6, 6.07) is 19.2. The molecule has 1 amide bonds. The van der Waals surface area contributed by atoms with Crippen LogP contribution in [0.4, 0.5) is 0 Å². The van der Waals surface area contributed by atoms with Crippen molar-refractivity contribution in [1.82, 2.24) is 4.84 Å². The normalized spacial score (nSPS) is 10.2. The van der Waals surface area contributed by atoms with Crippen molar-refractivity contribution in [3.63, 3.8) is 0 Å². The van der Waals surface area contributed by atoms with Gasteiger partial charge in [0.1, 0.15) is 0 Å². The number of carbonyl (C=O) groups is 1. The molecule has 0 aromatic heterocycles. The first-order chi connectivity index (χ1) is 8.33. The zero-order valence-electron chi connectivity index (χ0n) is 9.14. The molecule has 0 aliphatic heterocycles. The summed E-state index contributed by atoms with van der Waals surface area (Å²) in [5.41, 5.74) is 1.86. The molecule has 0 aliphatic carbocycles. The van der Waals surface area contributed by atoms with Crippen molar-refractivity contribution >= 4 is 17.7 Å². The highest BCUT2D eigenvalue weighted by molar-refractivity contribution is 6.22. The van der Waals surface area contributed by atoms with Gasteiger partial charge in [-0.05, 0) is 11.1 Å². The van der Waals surface area contributed by atoms with Crippen molar-refractivity contribution in [2.75, 3.05) is 0 Å². The summed E-state index contributed by atoms with van der Waals surface area (Å²) in [4.78, 5) is 14.1. The first kappa shape index (κ1) is 11.7. The monoisotopic (exact) mass is 245 g/mol. The van der Waals surface area contributed by atoms with Gasteiger partial charge in [0.2, 0.25) is 5.91 Å². The summed E-state index contributed by atoms with van der Waals surface area (Å²) in [5.74, 6) is -0.584. The van der Waals surface area contributed by atoms with Gasteiger partial charge in [0.05, 0.1) is 5.92 Å². The van der Waals surface area contributed by atoms with Crippen LogP contribution in [0.1, 0.15) is 17.0 Å². The third-order valence-electron chi connectivity index (χ3n) is 2.62. The Balaban J connectivity index is 2.43. The summed E-state index contributed by atoms with van der Waals surface area (Å²) < 4.78 is 0. The van der Waals surface area contributed by atoms with E-state index in [-0.39, 0.29) is 11.8 Å². The molecule has 2 aromatic rings. The number of amides is 1. The maximum atomic E-state index is 11.9. The van der Waals surface area contributed by atoms with E-state index in [4.69, 9.17) is 11.8 Å². The molecule has 1 N–H and O–H groups in total. The van der Waals surface area contributed by atoms with Gasteiger partial charge in [0.15, 0.2) is 0 Å². The molecule has 2 nitrogen and oxygen atoms in total. The Morgan fingerprint density at radius 2 is 1.29 bits per heavy atom. The summed E-state index contributed by atoms with van der Waals surface area (Å²) in [6.45, 7) is 0. The van der Waals surface area contributed by atoms with Crippen LogP contribution in [0, 0.1) is 0 Å². The minimum absolute atomic E-state index is 0.218. The van der Waals surface area contributed by atoms with E-state index in [1.807, 2.05) is 60.7 Å². The van der Waals surface area contributed by atoms with E-state index in [1.54, 1.807) is 0 Å². The lowest BCUT2D eigenvalue weighted by Crippen LogP contribution is -2.22. The van der Waals surface area contributed by atoms with Gasteiger partial charge in [-0.3, -0.25) is 9.63 Å². The van der Waals surface area contributed by atoms with Gasteiger partial charge < -0.3 is 0 Å². The second kappa shape index (κ2) is 5.51. The van der Waals surface area contributed by atoms with Gasteiger partial charge >= 0.3 is 0 Å². The van der Waals surface area contributed by atoms with Crippen LogP contribution < -0.4 is 4.84 Å². The molecule has 0 aliphatic rings. The second-order valence-corrected chi connectivity index (χ2v) is 3.90. The Morgan fingerprint density at radius 1 is 0.882 bits per heavy atom. The van der Waals surface area contributed by atoms with Crippen LogP contribution >= 0.6 is 11.8 Å². The van der Waals surface area contributed by atoms with Gasteiger partial charge in [-0.25, -0.2) is 0 Å². The number of nitrogens with one attached hydrogen (secondary N) is 1. The molecule has 3 heteroatoms. The van der Waals surface area contributed by atoms with E-state index in [2.05, 4.69) is 4.84 Å². The highest BCUT2D eigenvalue weighted by atomic mass is 35.5. The SMILES string of the molecule is O=C(NCl)C(c1ccccc1)c1ccccc1. The Kier molecular flexibility index (Phi) is 3.78. The molecule has 2 rings (SSSR count). The zero-order chi connectivity index (χ0) is 12.1. The van der Waals surface area contributed by atoms with Crippen LogP contribution in [0.2, 0.25) is 0 Å². The summed E-state index contributed by atoms with van der Waals surface area (Å²) in [6.07, 6.45) is 0. The average Bonchev–Trinajstić information content (AvgIpc) is 2.41. The third-order valence-corrected chi connectivity index (χ3v) is 2.81. The zero-order valence-corrected chi connectivity index (χ0v) is 9.89. The highest BCUT2D eigenvalue weighted by Gasteiger charge is 2.21. The molecule has 0 fully saturated rings. The van der Waals surface area contributed by atoms with E-state index < -0.39 is 0 Å². The van der Waals surface area contributed by atoms with Crippen molar-refractivity contribution in [1.29, 1.82) is 0 Å². The Labute approximate surface area is 105 Å². The third kappa shape index (κ3) is 2.66. The number of hydrogen-bond donors (Lipinski definition) is 1. The van der Waals surface area contributed by atoms with Crippen LogP contribution in [0.5, 0.6) is 0 Å². The number of carbonyl (C=O) groups excluding carboxylic acids is 1. The molecule has 0 saturated carbocycles. The first-order valence-electron chi connectivity index (χ1n) is 5.33. The maximum Gasteiger partial charge on any atom is 0.246 e. The summed E-state index contributed by atoms with van der Waals surface area (Å²) in [7, 11) is 0. The van der Waals surface area contributed by atoms with Gasteiger partial charge in [-0.2, -0.15) is 0 Å². The van der Waals surface area contributed by atoms with Crippen LogP contribution in [0.3, 0.4) is 0 Å². The molecular formula is C14H12ClNO. The van der Waals surface area contributed by atoms with Crippen LogP contribution in [-0.4, -0.2) is 5.91 Å². The molecule has 0 bridgehead atoms. The number of halogens is 1. The largest absolute Gasteiger partial charge is 0.273 e. The first-order valence-corrected chi connectivity index (χ1v) is 5.71. The minimum Gasteiger partial charge on any atom is -0.273 e. The van der Waals surface area contributed by atoms with Gasteiger partial charge in [-0.15, -0.1) is 0 Å². The van der Waals surface area contributed by atoms with E-state index in [0.717, 1.165) is 11.1 Å². The van der Waals surface area contributed by atoms with E-state index in [0.29, 0.717) is 0 Å². The number of benzene rings is 2.